The Morgan fingerprint density at radius 1 is 1.39 bits per heavy atom. The van der Waals surface area contributed by atoms with Crippen LogP contribution >= 0.6 is 0 Å². The lowest BCUT2D eigenvalue weighted by atomic mass is 9.73. The molecule has 0 spiro atoms. The zero-order valence-corrected chi connectivity index (χ0v) is 16.0. The fourth-order valence-electron chi connectivity index (χ4n) is 4.24. The third-order valence-corrected chi connectivity index (χ3v) is 5.52. The van der Waals surface area contributed by atoms with Crippen LogP contribution in [0.2, 0.25) is 0 Å². The van der Waals surface area contributed by atoms with E-state index in [0.29, 0.717) is 17.9 Å². The van der Waals surface area contributed by atoms with Crippen molar-refractivity contribution in [2.45, 2.75) is 51.0 Å². The number of hydrogen-bond donors (Lipinski definition) is 3. The second kappa shape index (κ2) is 9.06. The Morgan fingerprint density at radius 3 is 2.96 bits per heavy atom. The van der Waals surface area contributed by atoms with Crippen molar-refractivity contribution in [1.29, 1.82) is 0 Å². The summed E-state index contributed by atoms with van der Waals surface area (Å²) in [6.45, 7) is 2.03. The van der Waals surface area contributed by atoms with Crippen LogP contribution in [0, 0.1) is 11.8 Å². The van der Waals surface area contributed by atoms with Crippen molar-refractivity contribution in [3.8, 4) is 0 Å². The smallest absolute Gasteiger partial charge is 0.409 e. The van der Waals surface area contributed by atoms with Crippen molar-refractivity contribution in [2.24, 2.45) is 11.8 Å². The van der Waals surface area contributed by atoms with Gasteiger partial charge in [-0.05, 0) is 55.4 Å². The van der Waals surface area contributed by atoms with E-state index in [-0.39, 0.29) is 11.8 Å². The molecule has 1 fully saturated rings. The summed E-state index contributed by atoms with van der Waals surface area (Å²) in [7, 11) is 0. The maximum absolute atomic E-state index is 12.9. The van der Waals surface area contributed by atoms with Gasteiger partial charge in [-0.3, -0.25) is 10.1 Å². The molecule has 6 nitrogen and oxygen atoms in total. The van der Waals surface area contributed by atoms with Gasteiger partial charge in [0.2, 0.25) is 0 Å². The maximum Gasteiger partial charge on any atom is 0.409 e. The molecule has 2 aliphatic rings. The van der Waals surface area contributed by atoms with E-state index in [1.54, 1.807) is 24.3 Å². The van der Waals surface area contributed by atoms with E-state index in [2.05, 4.69) is 5.32 Å². The molecule has 28 heavy (non-hydrogen) atoms. The highest BCUT2D eigenvalue weighted by Gasteiger charge is 2.46. The predicted octanol–water partition coefficient (Wildman–Crippen LogP) is 4.43. The fourth-order valence-corrected chi connectivity index (χ4v) is 4.24. The Balaban J connectivity index is 1.93. The number of anilines is 1. The summed E-state index contributed by atoms with van der Waals surface area (Å²) < 4.78 is 5.65. The van der Waals surface area contributed by atoms with E-state index in [0.717, 1.165) is 31.2 Å². The van der Waals surface area contributed by atoms with Crippen molar-refractivity contribution in [1.82, 2.24) is 0 Å². The second-order valence-electron chi connectivity index (χ2n) is 7.42. The number of hydrogen-bond acceptors (Lipinski definition) is 4. The molecule has 1 aromatic carbocycles. The van der Waals surface area contributed by atoms with Crippen LogP contribution in [0.15, 0.2) is 48.3 Å². The predicted molar refractivity (Wildman–Crippen MR) is 106 cm³/mol. The maximum atomic E-state index is 12.9. The molecule has 1 amide bonds. The Labute approximate surface area is 164 Å². The van der Waals surface area contributed by atoms with E-state index in [1.807, 2.05) is 25.1 Å². The number of aliphatic hydroxyl groups excluding tert-OH is 1. The molecule has 0 saturated carbocycles. The Kier molecular flexibility index (Phi) is 6.52. The lowest BCUT2D eigenvalue weighted by Gasteiger charge is -2.39. The van der Waals surface area contributed by atoms with E-state index < -0.39 is 24.1 Å². The van der Waals surface area contributed by atoms with Gasteiger partial charge in [-0.25, -0.2) is 4.79 Å². The van der Waals surface area contributed by atoms with E-state index in [9.17, 15) is 14.7 Å². The van der Waals surface area contributed by atoms with Gasteiger partial charge in [0.25, 0.3) is 0 Å². The van der Waals surface area contributed by atoms with Crippen molar-refractivity contribution in [2.75, 3.05) is 5.32 Å². The third kappa shape index (κ3) is 4.44. The van der Waals surface area contributed by atoms with Gasteiger partial charge in [0.15, 0.2) is 0 Å². The van der Waals surface area contributed by atoms with Gasteiger partial charge in [-0.2, -0.15) is 0 Å². The van der Waals surface area contributed by atoms with Crippen LogP contribution in [0.1, 0.15) is 50.5 Å². The number of ether oxygens (including phenoxy) is 1. The molecule has 6 heteroatoms. The Hall–Kier alpha value is -2.60. The number of allylic oxidation sites excluding steroid dienone is 3. The van der Waals surface area contributed by atoms with Gasteiger partial charge in [0.1, 0.15) is 5.76 Å². The quantitative estimate of drug-likeness (QED) is 0.652. The average Bonchev–Trinajstić information content (AvgIpc) is 2.62. The number of esters is 1. The summed E-state index contributed by atoms with van der Waals surface area (Å²) in [5.41, 5.74) is 1.27. The lowest BCUT2D eigenvalue weighted by Crippen LogP contribution is -2.45. The summed E-state index contributed by atoms with van der Waals surface area (Å²) in [6, 6.07) is 7.04. The van der Waals surface area contributed by atoms with Gasteiger partial charge in [0, 0.05) is 11.6 Å². The summed E-state index contributed by atoms with van der Waals surface area (Å²) in [4.78, 5) is 23.8. The highest BCUT2D eigenvalue weighted by Crippen LogP contribution is 2.42. The van der Waals surface area contributed by atoms with Gasteiger partial charge >= 0.3 is 12.1 Å². The summed E-state index contributed by atoms with van der Waals surface area (Å²) in [5, 5.41) is 22.5. The summed E-state index contributed by atoms with van der Waals surface area (Å²) >= 11 is 0. The first-order chi connectivity index (χ1) is 13.5. The summed E-state index contributed by atoms with van der Waals surface area (Å²) in [5.74, 6) is -0.997. The number of amides is 1. The molecule has 1 saturated heterocycles. The second-order valence-corrected chi connectivity index (χ2v) is 7.42. The van der Waals surface area contributed by atoms with Crippen molar-refractivity contribution < 1.29 is 24.5 Å². The minimum atomic E-state index is -1.14. The number of fused-ring (bicyclic) bond motifs is 1. The molecule has 3 N–H and O–H groups in total. The van der Waals surface area contributed by atoms with Crippen molar-refractivity contribution in [3.63, 3.8) is 0 Å². The van der Waals surface area contributed by atoms with E-state index >= 15 is 0 Å². The molecule has 0 bridgehead atoms. The molecular weight excluding hydrogens is 358 g/mol. The molecule has 0 aromatic heterocycles. The standard InChI is InChI=1S/C22H27NO5/c1-2-8-16(14-9-7-10-15(13-14)23-22(26)27)19-20(24)17-11-5-3-4-6-12-18(17)28-21(19)25/h4,6-7,9-10,12-13,16-17,19-20,23-24H,2-3,5,8,11H2,1H3,(H,26,27). The van der Waals surface area contributed by atoms with Gasteiger partial charge in [0.05, 0.1) is 12.0 Å². The van der Waals surface area contributed by atoms with Gasteiger partial charge in [-0.15, -0.1) is 0 Å². The van der Waals surface area contributed by atoms with Crippen LogP contribution in [0.4, 0.5) is 10.5 Å². The minimum absolute atomic E-state index is 0.202. The SMILES string of the molecule is CCCC(c1cccc(NC(=O)O)c1)C1C(=O)OC2=CC=CCCCC2C1O. The molecular formula is C22H27NO5. The summed E-state index contributed by atoms with van der Waals surface area (Å²) in [6.07, 6.45) is 7.89. The van der Waals surface area contributed by atoms with E-state index in [1.165, 1.54) is 0 Å². The van der Waals surface area contributed by atoms with Crippen LogP contribution in [-0.2, 0) is 9.53 Å². The largest absolute Gasteiger partial charge is 0.465 e. The molecule has 1 aliphatic heterocycles. The van der Waals surface area contributed by atoms with Crippen LogP contribution < -0.4 is 5.32 Å². The highest BCUT2D eigenvalue weighted by molar-refractivity contribution is 5.83. The first-order valence-corrected chi connectivity index (χ1v) is 9.87. The number of aliphatic hydroxyl groups is 1. The fraction of sp³-hybridized carbons (Fsp3) is 0.455. The number of carbonyl (C=O) groups excluding carboxylic acids is 1. The normalized spacial score (nSPS) is 25.6. The number of rotatable bonds is 5. The monoisotopic (exact) mass is 385 g/mol. The first kappa shape index (κ1) is 20.1. The molecule has 1 aliphatic carbocycles. The molecule has 4 unspecified atom stereocenters. The van der Waals surface area contributed by atoms with Crippen molar-refractivity contribution >= 4 is 17.7 Å². The van der Waals surface area contributed by atoms with E-state index in [4.69, 9.17) is 9.84 Å². The zero-order chi connectivity index (χ0) is 20.1. The topological polar surface area (TPSA) is 95.9 Å². The zero-order valence-electron chi connectivity index (χ0n) is 16.0. The molecule has 3 rings (SSSR count). The van der Waals surface area contributed by atoms with Crippen LogP contribution in [0.5, 0.6) is 0 Å². The van der Waals surface area contributed by atoms with Crippen LogP contribution in [-0.4, -0.2) is 28.4 Å². The van der Waals surface area contributed by atoms with Gasteiger partial charge in [-0.1, -0.05) is 37.6 Å². The molecule has 0 radical (unpaired) electrons. The number of benzene rings is 1. The van der Waals surface area contributed by atoms with Crippen LogP contribution in [0.25, 0.3) is 0 Å². The van der Waals surface area contributed by atoms with Crippen molar-refractivity contribution in [3.05, 3.63) is 53.8 Å². The molecule has 150 valence electrons. The Morgan fingerprint density at radius 2 is 2.21 bits per heavy atom. The number of carbonyl (C=O) groups is 2. The third-order valence-electron chi connectivity index (χ3n) is 5.52. The van der Waals surface area contributed by atoms with Crippen LogP contribution in [0.3, 0.4) is 0 Å². The molecule has 1 heterocycles. The van der Waals surface area contributed by atoms with Gasteiger partial charge < -0.3 is 14.9 Å². The molecule has 1 aromatic rings. The number of nitrogens with one attached hydrogen (secondary N) is 1. The highest BCUT2D eigenvalue weighted by atomic mass is 16.5. The lowest BCUT2D eigenvalue weighted by molar-refractivity contribution is -0.160. The Bertz CT molecular complexity index is 785. The first-order valence-electron chi connectivity index (χ1n) is 9.87. The average molecular weight is 385 g/mol. The minimum Gasteiger partial charge on any atom is -0.465 e. The number of carboxylic acid groups (broad SMARTS) is 1. The molecule has 4 atom stereocenters.